The fraction of sp³-hybridized carbons (Fsp3) is 0.231. The van der Waals surface area contributed by atoms with E-state index in [9.17, 15) is 23.5 Å². The molecule has 1 N–H and O–H groups in total. The summed E-state index contributed by atoms with van der Waals surface area (Å²) in [7, 11) is 0. The number of carboxylic acids is 1. The van der Waals surface area contributed by atoms with Gasteiger partial charge in [-0.05, 0) is 19.1 Å². The monoisotopic (exact) mass is 342 g/mol. The molecular weight excluding hydrogens is 332 g/mol. The lowest BCUT2D eigenvalue weighted by atomic mass is 10.2. The summed E-state index contributed by atoms with van der Waals surface area (Å²) in [4.78, 5) is 22.4. The van der Waals surface area contributed by atoms with Crippen molar-refractivity contribution in [2.75, 3.05) is 0 Å². The molecule has 0 bridgehead atoms. The van der Waals surface area contributed by atoms with E-state index in [0.717, 1.165) is 30.0 Å². The number of hydrogen-bond acceptors (Lipinski definition) is 7. The standard InChI is InChI=1S/C13H11F2N3O4S/c1-6(12(20)21)23-13-18-17-9(22-13)5-16-11(19)10-7(14)3-2-4-8(10)15/h2-4,6H,5H2,1H3,(H,16,19)(H,20,21)/p-1/t6-/m1/s1. The van der Waals surface area contributed by atoms with Crippen molar-refractivity contribution in [3.63, 3.8) is 0 Å². The van der Waals surface area contributed by atoms with Gasteiger partial charge in [0.2, 0.25) is 5.89 Å². The highest BCUT2D eigenvalue weighted by Gasteiger charge is 2.18. The summed E-state index contributed by atoms with van der Waals surface area (Å²) in [6, 6.07) is 3.06. The molecular formula is C13H10F2N3O4S-. The SMILES string of the molecule is C[C@@H](Sc1nnc(CNC(=O)c2c(F)cccc2F)o1)C(=O)[O-]. The Bertz CT molecular complexity index is 718. The molecule has 0 aliphatic carbocycles. The van der Waals surface area contributed by atoms with E-state index in [1.807, 2.05) is 0 Å². The van der Waals surface area contributed by atoms with Crippen molar-refractivity contribution in [1.29, 1.82) is 0 Å². The van der Waals surface area contributed by atoms with Crippen molar-refractivity contribution in [2.45, 2.75) is 23.9 Å². The summed E-state index contributed by atoms with van der Waals surface area (Å²) < 4.78 is 32.0. The fourth-order valence-corrected chi connectivity index (χ4v) is 2.15. The van der Waals surface area contributed by atoms with Crippen molar-refractivity contribution in [1.82, 2.24) is 15.5 Å². The Morgan fingerprint density at radius 3 is 2.61 bits per heavy atom. The van der Waals surface area contributed by atoms with Gasteiger partial charge in [0.1, 0.15) is 17.2 Å². The maximum absolute atomic E-state index is 13.4. The Morgan fingerprint density at radius 1 is 1.35 bits per heavy atom. The van der Waals surface area contributed by atoms with Gasteiger partial charge in [0.15, 0.2) is 0 Å². The third-order valence-electron chi connectivity index (χ3n) is 2.65. The smallest absolute Gasteiger partial charge is 0.277 e. The number of thioether (sulfide) groups is 1. The van der Waals surface area contributed by atoms with Gasteiger partial charge >= 0.3 is 0 Å². The van der Waals surface area contributed by atoms with E-state index in [4.69, 9.17) is 4.42 Å². The molecule has 1 atom stereocenters. The van der Waals surface area contributed by atoms with Gasteiger partial charge in [0, 0.05) is 0 Å². The second-order valence-corrected chi connectivity index (χ2v) is 5.61. The number of carbonyl (C=O) groups is 2. The van der Waals surface area contributed by atoms with Gasteiger partial charge < -0.3 is 19.6 Å². The summed E-state index contributed by atoms with van der Waals surface area (Å²) in [6.07, 6.45) is 0. The highest BCUT2D eigenvalue weighted by atomic mass is 32.2. The van der Waals surface area contributed by atoms with Crippen LogP contribution in [0.1, 0.15) is 23.2 Å². The zero-order valence-corrected chi connectivity index (χ0v) is 12.5. The molecule has 0 aliphatic heterocycles. The number of halogens is 2. The van der Waals surface area contributed by atoms with Crippen LogP contribution >= 0.6 is 11.8 Å². The number of nitrogens with one attached hydrogen (secondary N) is 1. The average Bonchev–Trinajstić information content (AvgIpc) is 2.92. The molecule has 23 heavy (non-hydrogen) atoms. The summed E-state index contributed by atoms with van der Waals surface area (Å²) in [5.74, 6) is -4.29. The summed E-state index contributed by atoms with van der Waals surface area (Å²) in [5.41, 5.74) is -0.716. The minimum absolute atomic E-state index is 0.0250. The van der Waals surface area contributed by atoms with Crippen LogP contribution in [0.15, 0.2) is 27.8 Å². The van der Waals surface area contributed by atoms with Crippen LogP contribution in [-0.2, 0) is 11.3 Å². The maximum Gasteiger partial charge on any atom is 0.277 e. The minimum atomic E-state index is -1.29. The van der Waals surface area contributed by atoms with Crippen LogP contribution in [0.5, 0.6) is 0 Å². The van der Waals surface area contributed by atoms with E-state index in [-0.39, 0.29) is 17.7 Å². The Balaban J connectivity index is 1.97. The highest BCUT2D eigenvalue weighted by molar-refractivity contribution is 8.00. The van der Waals surface area contributed by atoms with Gasteiger partial charge in [-0.25, -0.2) is 8.78 Å². The lowest BCUT2D eigenvalue weighted by Gasteiger charge is -2.07. The lowest BCUT2D eigenvalue weighted by Crippen LogP contribution is -2.31. The van der Waals surface area contributed by atoms with Crippen LogP contribution in [0, 0.1) is 11.6 Å². The lowest BCUT2D eigenvalue weighted by molar-refractivity contribution is -0.304. The number of rotatable bonds is 6. The number of benzene rings is 1. The highest BCUT2D eigenvalue weighted by Crippen LogP contribution is 2.21. The van der Waals surface area contributed by atoms with Crippen molar-refractivity contribution in [3.8, 4) is 0 Å². The molecule has 0 unspecified atom stereocenters. The molecule has 0 spiro atoms. The first-order valence-electron chi connectivity index (χ1n) is 6.30. The topological polar surface area (TPSA) is 108 Å². The summed E-state index contributed by atoms with van der Waals surface area (Å²) in [5, 5.41) is 19.1. The normalized spacial score (nSPS) is 12.0. The molecule has 0 aliphatic rings. The van der Waals surface area contributed by atoms with Gasteiger partial charge in [-0.15, -0.1) is 10.2 Å². The van der Waals surface area contributed by atoms with Gasteiger partial charge in [0.25, 0.3) is 11.1 Å². The molecule has 10 heteroatoms. The van der Waals surface area contributed by atoms with E-state index in [0.29, 0.717) is 0 Å². The van der Waals surface area contributed by atoms with Crippen LogP contribution in [0.2, 0.25) is 0 Å². The Labute approximate surface area is 133 Å². The van der Waals surface area contributed by atoms with Crippen LogP contribution < -0.4 is 10.4 Å². The number of aliphatic carboxylic acids is 1. The number of nitrogens with zero attached hydrogens (tertiary/aromatic N) is 2. The Hall–Kier alpha value is -2.49. The number of aromatic nitrogens is 2. The molecule has 2 rings (SSSR count). The molecule has 0 radical (unpaired) electrons. The van der Waals surface area contributed by atoms with Gasteiger partial charge in [-0.3, -0.25) is 4.79 Å². The quantitative estimate of drug-likeness (QED) is 0.762. The molecule has 1 heterocycles. The number of carboxylic acid groups (broad SMARTS) is 1. The molecule has 7 nitrogen and oxygen atoms in total. The summed E-state index contributed by atoms with van der Waals surface area (Å²) >= 11 is 0.773. The number of hydrogen-bond donors (Lipinski definition) is 1. The molecule has 2 aromatic rings. The maximum atomic E-state index is 13.4. The van der Waals surface area contributed by atoms with Gasteiger partial charge in [0.05, 0.1) is 17.8 Å². The van der Waals surface area contributed by atoms with E-state index < -0.39 is 34.3 Å². The first kappa shape index (κ1) is 16.9. The van der Waals surface area contributed by atoms with E-state index in [1.54, 1.807) is 0 Å². The minimum Gasteiger partial charge on any atom is -0.549 e. The number of carbonyl (C=O) groups excluding carboxylic acids is 2. The third-order valence-corrected chi connectivity index (χ3v) is 3.56. The van der Waals surface area contributed by atoms with E-state index in [2.05, 4.69) is 15.5 Å². The zero-order valence-electron chi connectivity index (χ0n) is 11.7. The molecule has 0 saturated heterocycles. The van der Waals surface area contributed by atoms with Crippen LogP contribution in [0.4, 0.5) is 8.78 Å². The van der Waals surface area contributed by atoms with Crippen LogP contribution in [0.25, 0.3) is 0 Å². The molecule has 122 valence electrons. The molecule has 0 fully saturated rings. The van der Waals surface area contributed by atoms with Gasteiger partial charge in [-0.2, -0.15) is 0 Å². The van der Waals surface area contributed by atoms with Crippen LogP contribution in [0.3, 0.4) is 0 Å². The second-order valence-electron chi connectivity index (χ2n) is 4.32. The van der Waals surface area contributed by atoms with Crippen molar-refractivity contribution < 1.29 is 27.9 Å². The van der Waals surface area contributed by atoms with Crippen molar-refractivity contribution in [2.24, 2.45) is 0 Å². The molecule has 1 amide bonds. The fourth-order valence-electron chi connectivity index (χ4n) is 1.52. The summed E-state index contributed by atoms with van der Waals surface area (Å²) in [6.45, 7) is 1.12. The Morgan fingerprint density at radius 2 is 2.00 bits per heavy atom. The molecule has 1 aromatic heterocycles. The molecule has 0 saturated carbocycles. The largest absolute Gasteiger partial charge is 0.549 e. The Kier molecular flexibility index (Phi) is 5.27. The second kappa shape index (κ2) is 7.18. The molecule has 1 aromatic carbocycles. The first-order chi connectivity index (χ1) is 10.9. The van der Waals surface area contributed by atoms with Crippen LogP contribution in [-0.4, -0.2) is 27.3 Å². The van der Waals surface area contributed by atoms with E-state index >= 15 is 0 Å². The van der Waals surface area contributed by atoms with Crippen molar-refractivity contribution >= 4 is 23.6 Å². The predicted octanol–water partition coefficient (Wildman–Crippen LogP) is 0.508. The predicted molar refractivity (Wildman–Crippen MR) is 72.2 cm³/mol. The van der Waals surface area contributed by atoms with E-state index in [1.165, 1.54) is 6.92 Å². The third kappa shape index (κ3) is 4.25. The average molecular weight is 342 g/mol. The van der Waals surface area contributed by atoms with Gasteiger partial charge in [-0.1, -0.05) is 17.8 Å². The zero-order chi connectivity index (χ0) is 17.0. The number of amides is 1. The first-order valence-corrected chi connectivity index (χ1v) is 7.18. The van der Waals surface area contributed by atoms with Crippen molar-refractivity contribution in [3.05, 3.63) is 41.3 Å².